The zero-order chi connectivity index (χ0) is 28.8. The molecule has 0 aliphatic heterocycles. The number of aryl methyl sites for hydroxylation is 1. The molecule has 0 fully saturated rings. The largest absolute Gasteiger partial charge is 0.350 e. The van der Waals surface area contributed by atoms with E-state index in [4.69, 9.17) is 11.6 Å². The predicted molar refractivity (Wildman–Crippen MR) is 156 cm³/mol. The molecule has 7 nitrogen and oxygen atoms in total. The Kier molecular flexibility index (Phi) is 9.80. The maximum Gasteiger partial charge on any atom is 0.264 e. The molecule has 0 saturated carbocycles. The molecule has 0 bridgehead atoms. The van der Waals surface area contributed by atoms with Crippen LogP contribution in [0.1, 0.15) is 38.8 Å². The van der Waals surface area contributed by atoms with Crippen molar-refractivity contribution in [2.75, 3.05) is 17.4 Å². The highest BCUT2D eigenvalue weighted by Gasteiger charge is 2.33. The lowest BCUT2D eigenvalue weighted by Gasteiger charge is -2.33. The van der Waals surface area contributed by atoms with Crippen molar-refractivity contribution in [3.63, 3.8) is 0 Å². The molecule has 0 aliphatic carbocycles. The molecule has 0 aromatic heterocycles. The molecule has 2 amide bonds. The van der Waals surface area contributed by atoms with Gasteiger partial charge in [0.1, 0.15) is 12.6 Å². The van der Waals surface area contributed by atoms with Crippen LogP contribution in [0.3, 0.4) is 0 Å². The van der Waals surface area contributed by atoms with Gasteiger partial charge in [-0.15, -0.1) is 0 Å². The third-order valence-electron chi connectivity index (χ3n) is 6.21. The third kappa shape index (κ3) is 8.07. The van der Waals surface area contributed by atoms with Crippen molar-refractivity contribution in [1.29, 1.82) is 0 Å². The van der Waals surface area contributed by atoms with Gasteiger partial charge in [0.05, 0.1) is 10.6 Å². The molecule has 0 heterocycles. The van der Waals surface area contributed by atoms with Crippen LogP contribution in [-0.4, -0.2) is 49.8 Å². The van der Waals surface area contributed by atoms with Crippen molar-refractivity contribution >= 4 is 39.1 Å². The molecule has 9 heteroatoms. The van der Waals surface area contributed by atoms with Crippen molar-refractivity contribution in [3.05, 3.63) is 95.0 Å². The molecule has 3 aromatic carbocycles. The van der Waals surface area contributed by atoms with E-state index in [-0.39, 0.29) is 17.3 Å². The van der Waals surface area contributed by atoms with E-state index in [1.807, 2.05) is 51.1 Å². The van der Waals surface area contributed by atoms with Crippen molar-refractivity contribution in [2.45, 2.75) is 57.5 Å². The van der Waals surface area contributed by atoms with Crippen LogP contribution in [0.25, 0.3) is 0 Å². The lowest BCUT2D eigenvalue weighted by Crippen LogP contribution is -2.55. The second kappa shape index (κ2) is 12.7. The van der Waals surface area contributed by atoms with E-state index in [9.17, 15) is 18.0 Å². The van der Waals surface area contributed by atoms with E-state index in [1.54, 1.807) is 38.1 Å². The standard InChI is InChI=1S/C30H36ClN3O4S/c1-22-11-9-10-14-27(22)34(39(37,38)26-17-15-25(31)16-18-26)21-28(35)33(20-19-24-12-7-6-8-13-24)23(2)29(36)32-30(3,4)5/h6-18,23H,19-21H2,1-5H3,(H,32,36)/t23-/m0/s1. The van der Waals surface area contributed by atoms with Gasteiger partial charge >= 0.3 is 0 Å². The number of benzene rings is 3. The molecular formula is C30H36ClN3O4S. The smallest absolute Gasteiger partial charge is 0.264 e. The number of nitrogens with zero attached hydrogens (tertiary/aromatic N) is 2. The van der Waals surface area contributed by atoms with Gasteiger partial charge in [-0.1, -0.05) is 60.1 Å². The van der Waals surface area contributed by atoms with E-state index in [0.29, 0.717) is 22.7 Å². The number of halogens is 1. The van der Waals surface area contributed by atoms with Gasteiger partial charge in [-0.2, -0.15) is 0 Å². The SMILES string of the molecule is Cc1ccccc1N(CC(=O)N(CCc1ccccc1)[C@@H](C)C(=O)NC(C)(C)C)S(=O)(=O)c1ccc(Cl)cc1. The highest BCUT2D eigenvalue weighted by molar-refractivity contribution is 7.92. The van der Waals surface area contributed by atoms with Gasteiger partial charge in [0.15, 0.2) is 0 Å². The number of carbonyl (C=O) groups excluding carboxylic acids is 2. The first-order valence-electron chi connectivity index (χ1n) is 12.8. The third-order valence-corrected chi connectivity index (χ3v) is 8.24. The minimum Gasteiger partial charge on any atom is -0.350 e. The van der Waals surface area contributed by atoms with E-state index >= 15 is 0 Å². The number of carbonyl (C=O) groups is 2. The van der Waals surface area contributed by atoms with Crippen LogP contribution in [-0.2, 0) is 26.0 Å². The number of rotatable bonds is 10. The normalized spacial score (nSPS) is 12.5. The average molecular weight is 570 g/mol. The molecule has 0 aliphatic rings. The van der Waals surface area contributed by atoms with E-state index in [0.717, 1.165) is 9.87 Å². The molecular weight excluding hydrogens is 534 g/mol. The van der Waals surface area contributed by atoms with Crippen molar-refractivity contribution in [3.8, 4) is 0 Å². The maximum atomic E-state index is 13.9. The summed E-state index contributed by atoms with van der Waals surface area (Å²) in [6.45, 7) is 8.82. The number of hydrogen-bond donors (Lipinski definition) is 1. The number of nitrogens with one attached hydrogen (secondary N) is 1. The number of amides is 2. The lowest BCUT2D eigenvalue weighted by molar-refractivity contribution is -0.139. The topological polar surface area (TPSA) is 86.8 Å². The second-order valence-corrected chi connectivity index (χ2v) is 12.8. The maximum absolute atomic E-state index is 13.9. The summed E-state index contributed by atoms with van der Waals surface area (Å²) in [5.41, 5.74) is 1.58. The van der Waals surface area contributed by atoms with Gasteiger partial charge in [0.25, 0.3) is 10.0 Å². The zero-order valence-corrected chi connectivity index (χ0v) is 24.6. The first-order valence-corrected chi connectivity index (χ1v) is 14.6. The molecule has 0 unspecified atom stereocenters. The number of para-hydroxylation sites is 1. The fraction of sp³-hybridized carbons (Fsp3) is 0.333. The number of anilines is 1. The fourth-order valence-electron chi connectivity index (χ4n) is 4.13. The Morgan fingerprint density at radius 3 is 2.10 bits per heavy atom. The summed E-state index contributed by atoms with van der Waals surface area (Å²) in [6.07, 6.45) is 0.508. The van der Waals surface area contributed by atoms with Crippen molar-refractivity contribution in [2.24, 2.45) is 0 Å². The molecule has 3 aromatic rings. The van der Waals surface area contributed by atoms with Gasteiger partial charge in [-0.05, 0) is 82.5 Å². The fourth-order valence-corrected chi connectivity index (χ4v) is 5.74. The highest BCUT2D eigenvalue weighted by atomic mass is 35.5. The Labute approximate surface area is 236 Å². The first kappa shape index (κ1) is 30.2. The van der Waals surface area contributed by atoms with E-state index < -0.39 is 34.1 Å². The van der Waals surface area contributed by atoms with Crippen LogP contribution in [0.4, 0.5) is 5.69 Å². The Hall–Kier alpha value is -3.36. The molecule has 0 radical (unpaired) electrons. The molecule has 1 atom stereocenters. The number of hydrogen-bond acceptors (Lipinski definition) is 4. The monoisotopic (exact) mass is 569 g/mol. The number of sulfonamides is 1. The Morgan fingerprint density at radius 1 is 0.923 bits per heavy atom. The van der Waals surface area contributed by atoms with Crippen LogP contribution in [0.2, 0.25) is 5.02 Å². The summed E-state index contributed by atoms with van der Waals surface area (Å²) in [6, 6.07) is 21.6. The first-order chi connectivity index (χ1) is 18.3. The molecule has 39 heavy (non-hydrogen) atoms. The van der Waals surface area contributed by atoms with Crippen LogP contribution >= 0.6 is 11.6 Å². The summed E-state index contributed by atoms with van der Waals surface area (Å²) in [4.78, 5) is 28.5. The Bertz CT molecular complexity index is 1390. The van der Waals surface area contributed by atoms with Gasteiger partial charge in [0.2, 0.25) is 11.8 Å². The van der Waals surface area contributed by atoms with Crippen LogP contribution in [0.5, 0.6) is 0 Å². The molecule has 1 N–H and O–H groups in total. The molecule has 0 saturated heterocycles. The lowest BCUT2D eigenvalue weighted by atomic mass is 10.1. The molecule has 0 spiro atoms. The van der Waals surface area contributed by atoms with Gasteiger partial charge < -0.3 is 10.2 Å². The summed E-state index contributed by atoms with van der Waals surface area (Å²) < 4.78 is 28.8. The molecule has 208 valence electrons. The Morgan fingerprint density at radius 2 is 1.51 bits per heavy atom. The van der Waals surface area contributed by atoms with Gasteiger partial charge in [0, 0.05) is 17.1 Å². The summed E-state index contributed by atoms with van der Waals surface area (Å²) >= 11 is 6.00. The van der Waals surface area contributed by atoms with Crippen LogP contribution < -0.4 is 9.62 Å². The quantitative estimate of drug-likeness (QED) is 0.363. The second-order valence-electron chi connectivity index (χ2n) is 10.5. The Balaban J connectivity index is 1.99. The minimum atomic E-state index is -4.14. The average Bonchev–Trinajstić information content (AvgIpc) is 2.87. The zero-order valence-electron chi connectivity index (χ0n) is 23.0. The summed E-state index contributed by atoms with van der Waals surface area (Å²) in [7, 11) is -4.14. The van der Waals surface area contributed by atoms with E-state index in [2.05, 4.69) is 5.32 Å². The minimum absolute atomic E-state index is 0.0114. The van der Waals surface area contributed by atoms with Gasteiger partial charge in [-0.3, -0.25) is 13.9 Å². The molecule has 3 rings (SSSR count). The van der Waals surface area contributed by atoms with E-state index in [1.165, 1.54) is 29.2 Å². The van der Waals surface area contributed by atoms with Gasteiger partial charge in [-0.25, -0.2) is 8.42 Å². The van der Waals surface area contributed by atoms with Crippen LogP contribution in [0, 0.1) is 6.92 Å². The van der Waals surface area contributed by atoms with Crippen molar-refractivity contribution < 1.29 is 18.0 Å². The van der Waals surface area contributed by atoms with Crippen molar-refractivity contribution in [1.82, 2.24) is 10.2 Å². The highest BCUT2D eigenvalue weighted by Crippen LogP contribution is 2.28. The summed E-state index contributed by atoms with van der Waals surface area (Å²) in [5, 5.41) is 3.33. The van der Waals surface area contributed by atoms with Crippen LogP contribution in [0.15, 0.2) is 83.8 Å². The summed E-state index contributed by atoms with van der Waals surface area (Å²) in [5.74, 6) is -0.796. The predicted octanol–water partition coefficient (Wildman–Crippen LogP) is 5.22.